The molecule has 0 saturated carbocycles. The van der Waals surface area contributed by atoms with E-state index >= 15 is 0 Å². The number of carboxylic acid groups (broad SMARTS) is 1. The van der Waals surface area contributed by atoms with Crippen LogP contribution in [0, 0.1) is 0 Å². The van der Waals surface area contributed by atoms with Crippen LogP contribution in [0.4, 0.5) is 0 Å². The number of nitrogens with zero attached hydrogens (tertiary/aromatic N) is 2. The first-order valence-electron chi connectivity index (χ1n) is 9.19. The molecular formula is C22H24N2O3S. The zero-order chi connectivity index (χ0) is 20.3. The quantitative estimate of drug-likeness (QED) is 0.492. The maximum Gasteiger partial charge on any atom is 0.305 e. The lowest BCUT2D eigenvalue weighted by Gasteiger charge is -2.19. The van der Waals surface area contributed by atoms with Crippen LogP contribution >= 0.6 is 11.8 Å². The van der Waals surface area contributed by atoms with E-state index < -0.39 is 5.97 Å². The first kappa shape index (κ1) is 20.1. The molecule has 0 bridgehead atoms. The Balaban J connectivity index is 1.89. The third-order valence-electron chi connectivity index (χ3n) is 4.56. The summed E-state index contributed by atoms with van der Waals surface area (Å²) < 4.78 is 1.48. The zero-order valence-electron chi connectivity index (χ0n) is 16.3. The molecule has 0 aliphatic rings. The topological polar surface area (TPSA) is 72.2 Å². The van der Waals surface area contributed by atoms with Crippen LogP contribution in [-0.2, 0) is 22.5 Å². The van der Waals surface area contributed by atoms with E-state index in [1.165, 1.54) is 21.9 Å². The lowest BCUT2D eigenvalue weighted by Crippen LogP contribution is -2.24. The summed E-state index contributed by atoms with van der Waals surface area (Å²) in [6.45, 7) is 6.64. The number of benzene rings is 2. The van der Waals surface area contributed by atoms with Crippen LogP contribution in [-0.4, -0.2) is 20.6 Å². The second-order valence-corrected chi connectivity index (χ2v) is 8.69. The summed E-state index contributed by atoms with van der Waals surface area (Å²) in [5.74, 6) is -0.281. The Hall–Kier alpha value is -2.60. The summed E-state index contributed by atoms with van der Waals surface area (Å²) in [6.07, 6.45) is -0.117. The molecule has 0 unspecified atom stereocenters. The molecule has 28 heavy (non-hydrogen) atoms. The van der Waals surface area contributed by atoms with Crippen molar-refractivity contribution < 1.29 is 9.90 Å². The molecule has 3 aromatic rings. The molecule has 5 nitrogen and oxygen atoms in total. The Kier molecular flexibility index (Phi) is 5.89. The summed E-state index contributed by atoms with van der Waals surface area (Å²) in [6, 6.07) is 15.6. The van der Waals surface area contributed by atoms with E-state index in [0.717, 1.165) is 5.56 Å². The number of hydrogen-bond donors (Lipinski definition) is 1. The monoisotopic (exact) mass is 396 g/mol. The van der Waals surface area contributed by atoms with E-state index in [4.69, 9.17) is 5.11 Å². The normalized spacial score (nSPS) is 11.7. The molecule has 146 valence electrons. The number of rotatable bonds is 6. The van der Waals surface area contributed by atoms with Gasteiger partial charge in [0.1, 0.15) is 0 Å². The predicted octanol–water partition coefficient (Wildman–Crippen LogP) is 4.46. The molecule has 3 rings (SSSR count). The highest BCUT2D eigenvalue weighted by Gasteiger charge is 2.15. The Morgan fingerprint density at radius 1 is 1.11 bits per heavy atom. The lowest BCUT2D eigenvalue weighted by molar-refractivity contribution is -0.137. The molecule has 6 heteroatoms. The van der Waals surface area contributed by atoms with E-state index in [-0.39, 0.29) is 23.9 Å². The van der Waals surface area contributed by atoms with Gasteiger partial charge in [0, 0.05) is 12.3 Å². The molecule has 0 aliphatic carbocycles. The number of carboxylic acids is 1. The van der Waals surface area contributed by atoms with Crippen LogP contribution in [0.25, 0.3) is 10.9 Å². The van der Waals surface area contributed by atoms with Crippen molar-refractivity contribution in [1.82, 2.24) is 9.55 Å². The van der Waals surface area contributed by atoms with E-state index in [9.17, 15) is 9.59 Å². The van der Waals surface area contributed by atoms with Crippen LogP contribution in [0.15, 0.2) is 58.5 Å². The number of para-hydroxylation sites is 1. The molecule has 1 aromatic heterocycles. The van der Waals surface area contributed by atoms with Gasteiger partial charge in [-0.1, -0.05) is 68.9 Å². The molecule has 0 saturated heterocycles. The highest BCUT2D eigenvalue weighted by atomic mass is 32.2. The van der Waals surface area contributed by atoms with Gasteiger partial charge in [0.15, 0.2) is 5.16 Å². The fraction of sp³-hybridized carbons (Fsp3) is 0.318. The minimum absolute atomic E-state index is 0.100. The number of aliphatic carboxylic acids is 1. The Bertz CT molecular complexity index is 1050. The first-order chi connectivity index (χ1) is 13.3. The average Bonchev–Trinajstić information content (AvgIpc) is 2.65. The molecule has 0 amide bonds. The van der Waals surface area contributed by atoms with Gasteiger partial charge >= 0.3 is 5.97 Å². The second kappa shape index (κ2) is 8.19. The zero-order valence-corrected chi connectivity index (χ0v) is 17.1. The van der Waals surface area contributed by atoms with Crippen molar-refractivity contribution >= 4 is 28.6 Å². The minimum atomic E-state index is -0.936. The van der Waals surface area contributed by atoms with Gasteiger partial charge in [-0.15, -0.1) is 0 Å². The van der Waals surface area contributed by atoms with Gasteiger partial charge in [-0.3, -0.25) is 14.2 Å². The largest absolute Gasteiger partial charge is 0.481 e. The average molecular weight is 397 g/mol. The van der Waals surface area contributed by atoms with E-state index in [2.05, 4.69) is 50.0 Å². The number of fused-ring (bicyclic) bond motifs is 1. The van der Waals surface area contributed by atoms with Crippen LogP contribution in [0.5, 0.6) is 0 Å². The van der Waals surface area contributed by atoms with Crippen LogP contribution in [0.1, 0.15) is 38.3 Å². The molecule has 1 N–H and O–H groups in total. The van der Waals surface area contributed by atoms with Crippen molar-refractivity contribution in [2.45, 2.75) is 50.1 Å². The van der Waals surface area contributed by atoms with E-state index in [1.54, 1.807) is 18.2 Å². The number of hydrogen-bond acceptors (Lipinski definition) is 4. The third-order valence-corrected chi connectivity index (χ3v) is 5.61. The minimum Gasteiger partial charge on any atom is -0.481 e. The molecule has 0 atom stereocenters. The Morgan fingerprint density at radius 2 is 1.79 bits per heavy atom. The summed E-state index contributed by atoms with van der Waals surface area (Å²) in [5, 5.41) is 10.1. The maximum atomic E-state index is 12.8. The van der Waals surface area contributed by atoms with E-state index in [1.807, 2.05) is 6.07 Å². The lowest BCUT2D eigenvalue weighted by atomic mass is 9.87. The number of aromatic nitrogens is 2. The number of thioether (sulfide) groups is 1. The van der Waals surface area contributed by atoms with Crippen molar-refractivity contribution in [3.05, 3.63) is 70.0 Å². The molecular weight excluding hydrogens is 372 g/mol. The smallest absolute Gasteiger partial charge is 0.305 e. The maximum absolute atomic E-state index is 12.8. The van der Waals surface area contributed by atoms with Crippen molar-refractivity contribution in [3.63, 3.8) is 0 Å². The van der Waals surface area contributed by atoms with Gasteiger partial charge in [-0.2, -0.15) is 0 Å². The van der Waals surface area contributed by atoms with Gasteiger partial charge in [0.25, 0.3) is 5.56 Å². The number of carbonyl (C=O) groups is 1. The standard InChI is InChI=1S/C22H24N2O3S/c1-22(2,3)16-10-8-15(9-11-16)14-28-21-23-18-7-5-4-6-17(18)20(27)24(21)13-12-19(25)26/h4-11H,12-14H2,1-3H3,(H,25,26). The fourth-order valence-corrected chi connectivity index (χ4v) is 3.89. The van der Waals surface area contributed by atoms with Crippen molar-refractivity contribution in [1.29, 1.82) is 0 Å². The van der Waals surface area contributed by atoms with E-state index in [0.29, 0.717) is 21.8 Å². The molecule has 0 fully saturated rings. The van der Waals surface area contributed by atoms with Gasteiger partial charge < -0.3 is 5.11 Å². The van der Waals surface area contributed by atoms with Crippen LogP contribution in [0.2, 0.25) is 0 Å². The summed E-state index contributed by atoms with van der Waals surface area (Å²) in [7, 11) is 0. The van der Waals surface area contributed by atoms with Gasteiger partial charge in [0.2, 0.25) is 0 Å². The second-order valence-electron chi connectivity index (χ2n) is 7.75. The molecule has 1 heterocycles. The van der Waals surface area contributed by atoms with Gasteiger partial charge in [0.05, 0.1) is 17.3 Å². The van der Waals surface area contributed by atoms with Crippen LogP contribution in [0.3, 0.4) is 0 Å². The van der Waals surface area contributed by atoms with Gasteiger partial charge in [-0.25, -0.2) is 4.98 Å². The Morgan fingerprint density at radius 3 is 2.43 bits per heavy atom. The molecule has 0 aliphatic heterocycles. The summed E-state index contributed by atoms with van der Waals surface area (Å²) >= 11 is 1.45. The van der Waals surface area contributed by atoms with Crippen molar-refractivity contribution in [3.8, 4) is 0 Å². The summed E-state index contributed by atoms with van der Waals surface area (Å²) in [4.78, 5) is 28.5. The van der Waals surface area contributed by atoms with Crippen molar-refractivity contribution in [2.24, 2.45) is 0 Å². The SMILES string of the molecule is CC(C)(C)c1ccc(CSc2nc3ccccc3c(=O)n2CCC(=O)O)cc1. The highest BCUT2D eigenvalue weighted by molar-refractivity contribution is 7.98. The predicted molar refractivity (Wildman–Crippen MR) is 113 cm³/mol. The van der Waals surface area contributed by atoms with Crippen LogP contribution < -0.4 is 5.56 Å². The molecule has 0 spiro atoms. The first-order valence-corrected chi connectivity index (χ1v) is 10.2. The summed E-state index contributed by atoms with van der Waals surface area (Å²) in [5.41, 5.74) is 2.93. The highest BCUT2D eigenvalue weighted by Crippen LogP contribution is 2.26. The van der Waals surface area contributed by atoms with Gasteiger partial charge in [-0.05, 0) is 28.7 Å². The molecule has 2 aromatic carbocycles. The van der Waals surface area contributed by atoms with Crippen molar-refractivity contribution in [2.75, 3.05) is 0 Å². The Labute approximate surface area is 168 Å². The third kappa shape index (κ3) is 4.62. The molecule has 0 radical (unpaired) electrons. The fourth-order valence-electron chi connectivity index (χ4n) is 2.91.